The van der Waals surface area contributed by atoms with E-state index in [1.54, 1.807) is 0 Å². The number of rotatable bonds is 3. The van der Waals surface area contributed by atoms with Gasteiger partial charge in [0.25, 0.3) is 5.56 Å². The van der Waals surface area contributed by atoms with E-state index in [4.69, 9.17) is 10.9 Å². The summed E-state index contributed by atoms with van der Waals surface area (Å²) in [4.78, 5) is 21.5. The number of aromatic amines is 1. The first-order valence-electron chi connectivity index (χ1n) is 3.70. The lowest BCUT2D eigenvalue weighted by atomic mass is 10.2. The summed E-state index contributed by atoms with van der Waals surface area (Å²) < 4.78 is 0.716. The zero-order valence-corrected chi connectivity index (χ0v) is 7.87. The molecule has 1 rings (SSSR count). The molecule has 1 aromatic heterocycles. The number of carboxylic acid groups (broad SMARTS) is 1. The lowest BCUT2D eigenvalue weighted by Gasteiger charge is -2.00. The van der Waals surface area contributed by atoms with E-state index in [-0.39, 0.29) is 23.3 Å². The van der Waals surface area contributed by atoms with E-state index in [9.17, 15) is 9.59 Å². The van der Waals surface area contributed by atoms with Crippen molar-refractivity contribution in [2.24, 2.45) is 0 Å². The fourth-order valence-corrected chi connectivity index (χ4v) is 0.965. The number of carbonyl (C=O) groups is 1. The molecule has 0 aliphatic carbocycles. The van der Waals surface area contributed by atoms with Gasteiger partial charge < -0.3 is 10.9 Å². The molecule has 0 fully saturated rings. The van der Waals surface area contributed by atoms with Crippen molar-refractivity contribution < 1.29 is 9.90 Å². The van der Waals surface area contributed by atoms with Gasteiger partial charge in [-0.3, -0.25) is 14.7 Å². The lowest BCUT2D eigenvalue weighted by Crippen LogP contribution is -2.32. The fraction of sp³-hybridized carbons (Fsp3) is 0.333. The normalized spacial score (nSPS) is 10.0. The molecule has 0 aliphatic rings. The molecule has 1 aromatic rings. The molecule has 0 spiro atoms. The zero-order valence-electron chi connectivity index (χ0n) is 7.06. The van der Waals surface area contributed by atoms with Gasteiger partial charge in [0.2, 0.25) is 4.77 Å². The molecule has 7 nitrogen and oxygen atoms in total. The number of hydrogen-bond acceptors (Lipinski definition) is 5. The minimum Gasteiger partial charge on any atom is -0.481 e. The van der Waals surface area contributed by atoms with E-state index in [1.807, 2.05) is 0 Å². The third kappa shape index (κ3) is 2.16. The third-order valence-corrected chi connectivity index (χ3v) is 1.83. The van der Waals surface area contributed by atoms with Gasteiger partial charge in [-0.2, -0.15) is 9.77 Å². The Hall–Kier alpha value is -1.70. The van der Waals surface area contributed by atoms with Gasteiger partial charge in [-0.05, 0) is 12.2 Å². The second-order valence-electron chi connectivity index (χ2n) is 2.54. The van der Waals surface area contributed by atoms with Crippen molar-refractivity contribution >= 4 is 18.2 Å². The molecule has 76 valence electrons. The van der Waals surface area contributed by atoms with E-state index in [2.05, 4.69) is 22.4 Å². The number of carboxylic acids is 1. The Bertz CT molecular complexity index is 463. The number of nitrogens with zero attached hydrogens (tertiary/aromatic N) is 2. The van der Waals surface area contributed by atoms with Gasteiger partial charge in [0.15, 0.2) is 0 Å². The van der Waals surface area contributed by atoms with Crippen molar-refractivity contribution in [2.75, 3.05) is 5.84 Å². The quantitative estimate of drug-likeness (QED) is 0.442. The highest BCUT2D eigenvalue weighted by Gasteiger charge is 2.07. The molecule has 0 radical (unpaired) electrons. The van der Waals surface area contributed by atoms with Crippen LogP contribution < -0.4 is 11.4 Å². The topological polar surface area (TPSA) is 114 Å². The smallest absolute Gasteiger partial charge is 0.303 e. The van der Waals surface area contributed by atoms with Gasteiger partial charge in [0, 0.05) is 6.42 Å². The Morgan fingerprint density at radius 3 is 2.93 bits per heavy atom. The molecule has 0 amide bonds. The summed E-state index contributed by atoms with van der Waals surface area (Å²) in [6, 6.07) is 0. The van der Waals surface area contributed by atoms with E-state index >= 15 is 0 Å². The van der Waals surface area contributed by atoms with Gasteiger partial charge in [-0.15, -0.1) is 0 Å². The molecule has 0 aromatic carbocycles. The zero-order chi connectivity index (χ0) is 10.7. The highest BCUT2D eigenvalue weighted by Crippen LogP contribution is 1.90. The summed E-state index contributed by atoms with van der Waals surface area (Å²) in [6.07, 6.45) is -0.148. The van der Waals surface area contributed by atoms with Crippen LogP contribution in [0.2, 0.25) is 0 Å². The summed E-state index contributed by atoms with van der Waals surface area (Å²) in [5.74, 6) is 4.27. The number of H-pyrrole nitrogens is 1. The van der Waals surface area contributed by atoms with Crippen molar-refractivity contribution in [1.82, 2.24) is 14.9 Å². The van der Waals surface area contributed by atoms with Crippen LogP contribution in [0.3, 0.4) is 0 Å². The number of aromatic nitrogens is 3. The van der Waals surface area contributed by atoms with E-state index in [1.165, 1.54) is 0 Å². The van der Waals surface area contributed by atoms with Crippen LogP contribution >= 0.6 is 12.2 Å². The highest BCUT2D eigenvalue weighted by molar-refractivity contribution is 7.71. The average molecular weight is 216 g/mol. The summed E-state index contributed by atoms with van der Waals surface area (Å²) in [7, 11) is 0. The van der Waals surface area contributed by atoms with Crippen molar-refractivity contribution in [3.63, 3.8) is 0 Å². The summed E-state index contributed by atoms with van der Waals surface area (Å²) in [6.45, 7) is 0. The van der Waals surface area contributed by atoms with Crippen LogP contribution in [0.15, 0.2) is 4.79 Å². The van der Waals surface area contributed by atoms with Crippen LogP contribution in [0.4, 0.5) is 0 Å². The van der Waals surface area contributed by atoms with Gasteiger partial charge in [-0.25, -0.2) is 0 Å². The number of nitrogens with two attached hydrogens (primary N) is 1. The standard InChI is InChI=1S/C6H8N4O3S/c7-10-5(13)3(1-2-4(11)12)8-9-6(10)14/h1-2,7H2,(H,9,14)(H,11,12). The number of hydrogen-bond donors (Lipinski definition) is 3. The monoisotopic (exact) mass is 216 g/mol. The number of aryl methyl sites for hydroxylation is 1. The van der Waals surface area contributed by atoms with Gasteiger partial charge in [-0.1, -0.05) is 0 Å². The largest absolute Gasteiger partial charge is 0.481 e. The molecule has 0 saturated carbocycles. The molecule has 0 bridgehead atoms. The van der Waals surface area contributed by atoms with Crippen LogP contribution in [0.1, 0.15) is 12.1 Å². The van der Waals surface area contributed by atoms with Crippen LogP contribution in [0.5, 0.6) is 0 Å². The molecule has 0 atom stereocenters. The summed E-state index contributed by atoms with van der Waals surface area (Å²) in [5.41, 5.74) is -0.515. The average Bonchev–Trinajstić information content (AvgIpc) is 2.13. The Morgan fingerprint density at radius 1 is 1.71 bits per heavy atom. The van der Waals surface area contributed by atoms with Gasteiger partial charge >= 0.3 is 5.97 Å². The molecule has 1 heterocycles. The SMILES string of the molecule is Nn1c(=S)[nH]nc(CCC(=O)O)c1=O. The van der Waals surface area contributed by atoms with Crippen LogP contribution in [0.25, 0.3) is 0 Å². The first kappa shape index (κ1) is 10.4. The maximum absolute atomic E-state index is 11.3. The second kappa shape index (κ2) is 4.01. The van der Waals surface area contributed by atoms with Crippen molar-refractivity contribution in [2.45, 2.75) is 12.8 Å². The van der Waals surface area contributed by atoms with Crippen LogP contribution in [0, 0.1) is 4.77 Å². The predicted octanol–water partition coefficient (Wildman–Crippen LogP) is -0.968. The Balaban J connectivity index is 3.01. The van der Waals surface area contributed by atoms with Gasteiger partial charge in [0.1, 0.15) is 5.69 Å². The fourth-order valence-electron chi connectivity index (χ4n) is 0.836. The Kier molecular flexibility index (Phi) is 2.97. The summed E-state index contributed by atoms with van der Waals surface area (Å²) in [5, 5.41) is 14.3. The molecule has 0 saturated heterocycles. The molecule has 0 unspecified atom stereocenters. The lowest BCUT2D eigenvalue weighted by molar-refractivity contribution is -0.136. The highest BCUT2D eigenvalue weighted by atomic mass is 32.1. The minimum absolute atomic E-state index is 0.00549. The first-order chi connectivity index (χ1) is 6.52. The van der Waals surface area contributed by atoms with Crippen molar-refractivity contribution in [3.05, 3.63) is 20.8 Å². The maximum atomic E-state index is 11.3. The Labute approximate surface area is 83.1 Å². The van der Waals surface area contributed by atoms with Crippen LogP contribution in [-0.4, -0.2) is 25.9 Å². The minimum atomic E-state index is -1.00. The van der Waals surface area contributed by atoms with Gasteiger partial charge in [0.05, 0.1) is 6.42 Å². The summed E-state index contributed by atoms with van der Waals surface area (Å²) >= 11 is 4.64. The molecular formula is C6H8N4O3S. The number of aliphatic carboxylic acids is 1. The van der Waals surface area contributed by atoms with Crippen molar-refractivity contribution in [3.8, 4) is 0 Å². The van der Waals surface area contributed by atoms with E-state index < -0.39 is 11.5 Å². The first-order valence-corrected chi connectivity index (χ1v) is 4.10. The number of nitrogens with one attached hydrogen (secondary N) is 1. The molecule has 14 heavy (non-hydrogen) atoms. The molecular weight excluding hydrogens is 208 g/mol. The predicted molar refractivity (Wildman–Crippen MR) is 49.8 cm³/mol. The molecule has 8 heteroatoms. The molecule has 0 aliphatic heterocycles. The van der Waals surface area contributed by atoms with E-state index in [0.717, 1.165) is 4.68 Å². The maximum Gasteiger partial charge on any atom is 0.303 e. The van der Waals surface area contributed by atoms with Crippen LogP contribution in [-0.2, 0) is 11.2 Å². The van der Waals surface area contributed by atoms with Crippen molar-refractivity contribution in [1.29, 1.82) is 0 Å². The molecule has 4 N–H and O–H groups in total. The second-order valence-corrected chi connectivity index (χ2v) is 2.93. The van der Waals surface area contributed by atoms with E-state index in [0.29, 0.717) is 0 Å². The Morgan fingerprint density at radius 2 is 2.36 bits per heavy atom. The third-order valence-electron chi connectivity index (χ3n) is 1.55. The number of nitrogen functional groups attached to an aromatic ring is 1.